The van der Waals surface area contributed by atoms with Gasteiger partial charge in [-0.1, -0.05) is 50.1 Å². The Morgan fingerprint density at radius 2 is 1.69 bits per heavy atom. The summed E-state index contributed by atoms with van der Waals surface area (Å²) >= 11 is 0. The van der Waals surface area contributed by atoms with Crippen molar-refractivity contribution < 1.29 is 19.1 Å². The van der Waals surface area contributed by atoms with Gasteiger partial charge in [0.05, 0.1) is 0 Å². The standard InChI is InChI=1S/C25H41N3O4/c1-10-18(6)20(27-24(31)32-25(7,8)9)23(30)28(11-2)21(22(29)26-16(3)4)19-14-12-13-17(5)15-19/h12-16,18,20-21H,10-11H2,1-9H3,(H,26,29)(H,27,31). The third-order valence-electron chi connectivity index (χ3n) is 5.12. The minimum Gasteiger partial charge on any atom is -0.444 e. The predicted molar refractivity (Wildman–Crippen MR) is 127 cm³/mol. The Balaban J connectivity index is 3.36. The monoisotopic (exact) mass is 447 g/mol. The van der Waals surface area contributed by atoms with Crippen molar-refractivity contribution in [3.8, 4) is 0 Å². The van der Waals surface area contributed by atoms with Crippen molar-refractivity contribution in [3.05, 3.63) is 35.4 Å². The van der Waals surface area contributed by atoms with Gasteiger partial charge < -0.3 is 20.3 Å². The fraction of sp³-hybridized carbons (Fsp3) is 0.640. The summed E-state index contributed by atoms with van der Waals surface area (Å²) in [5.74, 6) is -0.700. The van der Waals surface area contributed by atoms with Gasteiger partial charge in [-0.25, -0.2) is 4.79 Å². The molecule has 0 radical (unpaired) electrons. The van der Waals surface area contributed by atoms with E-state index in [1.54, 1.807) is 25.7 Å². The minimum atomic E-state index is -0.811. The van der Waals surface area contributed by atoms with Crippen LogP contribution in [0.3, 0.4) is 0 Å². The zero-order valence-electron chi connectivity index (χ0n) is 21.1. The molecule has 0 saturated carbocycles. The smallest absolute Gasteiger partial charge is 0.408 e. The molecule has 0 heterocycles. The van der Waals surface area contributed by atoms with E-state index in [0.717, 1.165) is 11.1 Å². The second kappa shape index (κ2) is 11.9. The lowest BCUT2D eigenvalue weighted by atomic mass is 9.95. The Hall–Kier alpha value is -2.57. The molecule has 0 aliphatic heterocycles. The Morgan fingerprint density at radius 3 is 2.16 bits per heavy atom. The van der Waals surface area contributed by atoms with E-state index >= 15 is 0 Å². The highest BCUT2D eigenvalue weighted by Gasteiger charge is 2.37. The van der Waals surface area contributed by atoms with Crippen LogP contribution >= 0.6 is 0 Å². The second-order valence-electron chi connectivity index (χ2n) is 9.61. The number of aryl methyl sites for hydroxylation is 1. The molecule has 7 heteroatoms. The van der Waals surface area contributed by atoms with E-state index < -0.39 is 23.8 Å². The summed E-state index contributed by atoms with van der Waals surface area (Å²) in [5, 5.41) is 5.69. The van der Waals surface area contributed by atoms with Gasteiger partial charge in [-0.05, 0) is 59.9 Å². The molecule has 0 fully saturated rings. The molecule has 0 bridgehead atoms. The molecule has 0 saturated heterocycles. The van der Waals surface area contributed by atoms with Gasteiger partial charge in [-0.15, -0.1) is 0 Å². The summed E-state index contributed by atoms with van der Waals surface area (Å²) < 4.78 is 5.39. The Kier molecular flexibility index (Phi) is 10.2. The molecule has 0 aromatic heterocycles. The van der Waals surface area contributed by atoms with Crippen LogP contribution in [0.1, 0.15) is 79.0 Å². The van der Waals surface area contributed by atoms with Crippen LogP contribution in [0.15, 0.2) is 24.3 Å². The zero-order chi connectivity index (χ0) is 24.6. The molecule has 3 amide bonds. The highest BCUT2D eigenvalue weighted by Crippen LogP contribution is 2.25. The SMILES string of the molecule is CCC(C)C(NC(=O)OC(C)(C)C)C(=O)N(CC)C(C(=O)NC(C)C)c1cccc(C)c1. The fourth-order valence-corrected chi connectivity index (χ4v) is 3.44. The van der Waals surface area contributed by atoms with Gasteiger partial charge in [0.25, 0.3) is 0 Å². The number of carbonyl (C=O) groups is 3. The van der Waals surface area contributed by atoms with Crippen LogP contribution in [0.25, 0.3) is 0 Å². The molecular formula is C25H41N3O4. The third-order valence-corrected chi connectivity index (χ3v) is 5.12. The first-order chi connectivity index (χ1) is 14.8. The van der Waals surface area contributed by atoms with Crippen molar-refractivity contribution in [2.24, 2.45) is 5.92 Å². The number of likely N-dealkylation sites (N-methyl/N-ethyl adjacent to an activating group) is 1. The predicted octanol–water partition coefficient (Wildman–Crippen LogP) is 4.35. The number of alkyl carbamates (subject to hydrolysis) is 1. The molecule has 0 aliphatic carbocycles. The van der Waals surface area contributed by atoms with E-state index in [1.165, 1.54) is 0 Å². The molecule has 7 nitrogen and oxygen atoms in total. The maximum absolute atomic E-state index is 13.7. The normalized spacial score (nSPS) is 14.3. The van der Waals surface area contributed by atoms with Gasteiger partial charge >= 0.3 is 6.09 Å². The average molecular weight is 448 g/mol. The molecule has 32 heavy (non-hydrogen) atoms. The first-order valence-electron chi connectivity index (χ1n) is 11.5. The number of nitrogens with zero attached hydrogens (tertiary/aromatic N) is 1. The number of hydrogen-bond donors (Lipinski definition) is 2. The van der Waals surface area contributed by atoms with E-state index in [2.05, 4.69) is 10.6 Å². The van der Waals surface area contributed by atoms with E-state index in [-0.39, 0.29) is 23.8 Å². The van der Waals surface area contributed by atoms with Crippen LogP contribution in [0.4, 0.5) is 4.79 Å². The molecule has 1 rings (SSSR count). The third kappa shape index (κ3) is 8.17. The van der Waals surface area contributed by atoms with Crippen LogP contribution in [0.5, 0.6) is 0 Å². The molecule has 1 aromatic carbocycles. The van der Waals surface area contributed by atoms with E-state index in [4.69, 9.17) is 4.74 Å². The molecule has 3 unspecified atom stereocenters. The molecule has 0 aliphatic rings. The van der Waals surface area contributed by atoms with Gasteiger partial charge in [0.2, 0.25) is 11.8 Å². The quantitative estimate of drug-likeness (QED) is 0.589. The minimum absolute atomic E-state index is 0.0751. The molecule has 0 spiro atoms. The summed E-state index contributed by atoms with van der Waals surface area (Å²) in [6.45, 7) is 17.1. The van der Waals surface area contributed by atoms with Crippen LogP contribution in [-0.2, 0) is 14.3 Å². The summed E-state index contributed by atoms with van der Waals surface area (Å²) in [6.07, 6.45) is 0.0304. The largest absolute Gasteiger partial charge is 0.444 e. The van der Waals surface area contributed by atoms with Crippen molar-refractivity contribution in [1.29, 1.82) is 0 Å². The lowest BCUT2D eigenvalue weighted by Gasteiger charge is -2.35. The van der Waals surface area contributed by atoms with E-state index in [9.17, 15) is 14.4 Å². The Labute approximate surface area is 193 Å². The second-order valence-corrected chi connectivity index (χ2v) is 9.61. The average Bonchev–Trinajstić information content (AvgIpc) is 2.67. The number of carbonyl (C=O) groups excluding carboxylic acids is 3. The molecule has 3 atom stereocenters. The van der Waals surface area contributed by atoms with Crippen LogP contribution in [0, 0.1) is 12.8 Å². The van der Waals surface area contributed by atoms with Gasteiger partial charge in [0, 0.05) is 12.6 Å². The molecule has 2 N–H and O–H groups in total. The Morgan fingerprint density at radius 1 is 1.06 bits per heavy atom. The van der Waals surface area contributed by atoms with Crippen molar-refractivity contribution in [1.82, 2.24) is 15.5 Å². The van der Waals surface area contributed by atoms with E-state index in [0.29, 0.717) is 13.0 Å². The zero-order valence-corrected chi connectivity index (χ0v) is 21.1. The maximum Gasteiger partial charge on any atom is 0.408 e. The lowest BCUT2D eigenvalue weighted by Crippen LogP contribution is -2.55. The van der Waals surface area contributed by atoms with Crippen molar-refractivity contribution >= 4 is 17.9 Å². The van der Waals surface area contributed by atoms with Crippen LogP contribution < -0.4 is 10.6 Å². The highest BCUT2D eigenvalue weighted by molar-refractivity contribution is 5.92. The summed E-state index contributed by atoms with van der Waals surface area (Å²) in [6, 6.07) is 5.91. The fourth-order valence-electron chi connectivity index (χ4n) is 3.44. The topological polar surface area (TPSA) is 87.7 Å². The maximum atomic E-state index is 13.7. The number of hydrogen-bond acceptors (Lipinski definition) is 4. The molecular weight excluding hydrogens is 406 g/mol. The van der Waals surface area contributed by atoms with Crippen molar-refractivity contribution in [2.75, 3.05) is 6.54 Å². The van der Waals surface area contributed by atoms with E-state index in [1.807, 2.05) is 65.8 Å². The summed E-state index contributed by atoms with van der Waals surface area (Å²) in [4.78, 5) is 41.0. The van der Waals surface area contributed by atoms with Crippen LogP contribution in [0.2, 0.25) is 0 Å². The van der Waals surface area contributed by atoms with Gasteiger partial charge in [-0.3, -0.25) is 9.59 Å². The Bertz CT molecular complexity index is 786. The van der Waals surface area contributed by atoms with Crippen LogP contribution in [-0.4, -0.2) is 47.0 Å². The summed E-state index contributed by atoms with van der Waals surface area (Å²) in [7, 11) is 0. The molecule has 180 valence electrons. The van der Waals surface area contributed by atoms with Gasteiger partial charge in [0.15, 0.2) is 0 Å². The number of nitrogens with one attached hydrogen (secondary N) is 2. The van der Waals surface area contributed by atoms with Crippen molar-refractivity contribution in [2.45, 2.75) is 92.5 Å². The highest BCUT2D eigenvalue weighted by atomic mass is 16.6. The molecule has 1 aromatic rings. The van der Waals surface area contributed by atoms with Crippen molar-refractivity contribution in [3.63, 3.8) is 0 Å². The number of ether oxygens (including phenoxy) is 1. The first-order valence-corrected chi connectivity index (χ1v) is 11.5. The number of benzene rings is 1. The number of rotatable bonds is 9. The summed E-state index contributed by atoms with van der Waals surface area (Å²) in [5.41, 5.74) is 1.05. The lowest BCUT2D eigenvalue weighted by molar-refractivity contribution is -0.143. The van der Waals surface area contributed by atoms with Gasteiger partial charge in [0.1, 0.15) is 17.7 Å². The van der Waals surface area contributed by atoms with Gasteiger partial charge in [-0.2, -0.15) is 0 Å². The number of amides is 3. The first kappa shape index (κ1) is 27.5.